The Morgan fingerprint density at radius 3 is 2.83 bits per heavy atom. The van der Waals surface area contributed by atoms with Crippen molar-refractivity contribution in [1.29, 1.82) is 0 Å². The van der Waals surface area contributed by atoms with Crippen molar-refractivity contribution in [3.63, 3.8) is 0 Å². The third-order valence-corrected chi connectivity index (χ3v) is 1.96. The first-order chi connectivity index (χ1) is 5.76. The highest BCUT2D eigenvalue weighted by Crippen LogP contribution is 2.22. The van der Waals surface area contributed by atoms with Crippen molar-refractivity contribution in [3.8, 4) is 0 Å². The highest BCUT2D eigenvalue weighted by Gasteiger charge is 2.30. The molecule has 0 unspecified atom stereocenters. The molecule has 0 aromatic carbocycles. The van der Waals surface area contributed by atoms with Crippen molar-refractivity contribution in [2.24, 2.45) is 5.84 Å². The number of ether oxygens (including phenoxy) is 1. The van der Waals surface area contributed by atoms with Gasteiger partial charge in [-0.05, 0) is 19.8 Å². The molecule has 0 heterocycles. The van der Waals surface area contributed by atoms with E-state index in [-0.39, 0.29) is 12.1 Å². The lowest BCUT2D eigenvalue weighted by Gasteiger charge is -2.35. The van der Waals surface area contributed by atoms with E-state index in [1.165, 1.54) is 0 Å². The van der Waals surface area contributed by atoms with Gasteiger partial charge in [-0.2, -0.15) is 0 Å². The first-order valence-electron chi connectivity index (χ1n) is 4.15. The van der Waals surface area contributed by atoms with Gasteiger partial charge in [-0.25, -0.2) is 10.6 Å². The van der Waals surface area contributed by atoms with Crippen LogP contribution in [0, 0.1) is 0 Å². The molecule has 12 heavy (non-hydrogen) atoms. The molecule has 1 saturated carbocycles. The maximum atomic E-state index is 10.7. The molecule has 70 valence electrons. The topological polar surface area (TPSA) is 76.4 Å². The molecule has 0 atom stereocenters. The first kappa shape index (κ1) is 9.28. The van der Waals surface area contributed by atoms with Crippen LogP contribution >= 0.6 is 0 Å². The van der Waals surface area contributed by atoms with Crippen LogP contribution in [-0.2, 0) is 4.74 Å². The molecule has 0 aromatic rings. The fourth-order valence-electron chi connectivity index (χ4n) is 1.28. The smallest absolute Gasteiger partial charge is 0.329 e. The number of hydrogen-bond donors (Lipinski definition) is 3. The minimum Gasteiger partial charge on any atom is -0.378 e. The summed E-state index contributed by atoms with van der Waals surface area (Å²) in [6.45, 7) is 2.70. The van der Waals surface area contributed by atoms with Crippen LogP contribution in [0.3, 0.4) is 0 Å². The molecular weight excluding hydrogens is 158 g/mol. The van der Waals surface area contributed by atoms with Gasteiger partial charge in [0.25, 0.3) is 0 Å². The van der Waals surface area contributed by atoms with Crippen molar-refractivity contribution in [1.82, 2.24) is 10.7 Å². The van der Waals surface area contributed by atoms with Crippen molar-refractivity contribution < 1.29 is 9.53 Å². The lowest BCUT2D eigenvalue weighted by molar-refractivity contribution is -0.00708. The van der Waals surface area contributed by atoms with Crippen LogP contribution in [-0.4, -0.2) is 24.8 Å². The van der Waals surface area contributed by atoms with Gasteiger partial charge in [-0.3, -0.25) is 5.43 Å². The number of nitrogens with two attached hydrogens (primary N) is 1. The molecule has 0 aliphatic heterocycles. The zero-order valence-electron chi connectivity index (χ0n) is 7.17. The summed E-state index contributed by atoms with van der Waals surface area (Å²) in [5.41, 5.74) is 2.02. The van der Waals surface area contributed by atoms with Crippen molar-refractivity contribution in [2.45, 2.75) is 31.9 Å². The van der Waals surface area contributed by atoms with E-state index in [0.717, 1.165) is 19.4 Å². The fraction of sp³-hybridized carbons (Fsp3) is 0.857. The van der Waals surface area contributed by atoms with Crippen molar-refractivity contribution >= 4 is 6.03 Å². The lowest BCUT2D eigenvalue weighted by atomic mass is 9.89. The van der Waals surface area contributed by atoms with Gasteiger partial charge < -0.3 is 10.1 Å². The van der Waals surface area contributed by atoms with Crippen LogP contribution in [0.25, 0.3) is 0 Å². The molecule has 0 aromatic heterocycles. The van der Waals surface area contributed by atoms with E-state index >= 15 is 0 Å². The van der Waals surface area contributed by atoms with Gasteiger partial charge in [0.1, 0.15) is 0 Å². The van der Waals surface area contributed by atoms with E-state index in [0.29, 0.717) is 6.10 Å². The molecule has 0 spiro atoms. The molecule has 5 nitrogen and oxygen atoms in total. The molecule has 1 rings (SSSR count). The zero-order valence-corrected chi connectivity index (χ0v) is 7.17. The quantitative estimate of drug-likeness (QED) is 0.312. The molecule has 4 N–H and O–H groups in total. The first-order valence-corrected chi connectivity index (χ1v) is 4.15. The number of hydrogen-bond acceptors (Lipinski definition) is 3. The van der Waals surface area contributed by atoms with E-state index in [2.05, 4.69) is 5.32 Å². The molecule has 5 heteroatoms. The van der Waals surface area contributed by atoms with E-state index in [1.807, 2.05) is 12.3 Å². The standard InChI is InChI=1S/C7H15N3O2/c1-2-12-6-3-5(4-6)9-7(11)10-8/h5-6H,2-4,8H2,1H3,(H2,9,10,11). The van der Waals surface area contributed by atoms with E-state index in [1.54, 1.807) is 0 Å². The number of rotatable bonds is 3. The van der Waals surface area contributed by atoms with Crippen LogP contribution in [0.15, 0.2) is 0 Å². The Hall–Kier alpha value is -0.810. The summed E-state index contributed by atoms with van der Waals surface area (Å²) in [4.78, 5) is 10.7. The summed E-state index contributed by atoms with van der Waals surface area (Å²) < 4.78 is 5.32. The molecule has 1 fully saturated rings. The fourth-order valence-corrected chi connectivity index (χ4v) is 1.28. The van der Waals surface area contributed by atoms with Gasteiger partial charge in [-0.15, -0.1) is 0 Å². The number of carbonyl (C=O) groups is 1. The SMILES string of the molecule is CCOC1CC(NC(=O)NN)C1. The summed E-state index contributed by atoms with van der Waals surface area (Å²) >= 11 is 0. The summed E-state index contributed by atoms with van der Waals surface area (Å²) in [6.07, 6.45) is 2.10. The molecule has 0 saturated heterocycles. The largest absolute Gasteiger partial charge is 0.378 e. The summed E-state index contributed by atoms with van der Waals surface area (Å²) in [5.74, 6) is 4.90. The van der Waals surface area contributed by atoms with E-state index in [9.17, 15) is 4.79 Å². The van der Waals surface area contributed by atoms with Gasteiger partial charge in [0, 0.05) is 12.6 Å². The average molecular weight is 173 g/mol. The van der Waals surface area contributed by atoms with Gasteiger partial charge >= 0.3 is 6.03 Å². The predicted octanol–water partition coefficient (Wildman–Crippen LogP) is -0.273. The third kappa shape index (κ3) is 2.35. The second-order valence-electron chi connectivity index (χ2n) is 2.86. The molecular formula is C7H15N3O2. The highest BCUT2D eigenvalue weighted by molar-refractivity contribution is 5.73. The maximum absolute atomic E-state index is 10.7. The molecule has 1 aliphatic carbocycles. The van der Waals surface area contributed by atoms with Crippen molar-refractivity contribution in [3.05, 3.63) is 0 Å². The third-order valence-electron chi connectivity index (χ3n) is 1.96. The predicted molar refractivity (Wildman–Crippen MR) is 44.3 cm³/mol. The Morgan fingerprint density at radius 2 is 2.33 bits per heavy atom. The second-order valence-corrected chi connectivity index (χ2v) is 2.86. The normalized spacial score (nSPS) is 27.5. The Balaban J connectivity index is 2.05. The number of hydrazine groups is 1. The molecule has 1 aliphatic rings. The average Bonchev–Trinajstić information content (AvgIpc) is 2.00. The van der Waals surface area contributed by atoms with Crippen LogP contribution < -0.4 is 16.6 Å². The molecule has 2 amide bonds. The molecule has 0 bridgehead atoms. The summed E-state index contributed by atoms with van der Waals surface area (Å²) in [7, 11) is 0. The lowest BCUT2D eigenvalue weighted by Crippen LogP contribution is -2.52. The van der Waals surface area contributed by atoms with E-state index in [4.69, 9.17) is 10.6 Å². The van der Waals surface area contributed by atoms with Crippen LogP contribution in [0.1, 0.15) is 19.8 Å². The highest BCUT2D eigenvalue weighted by atomic mass is 16.5. The maximum Gasteiger partial charge on any atom is 0.329 e. The Bertz CT molecular complexity index is 157. The number of amides is 2. The Kier molecular flexibility index (Phi) is 3.31. The number of carbonyl (C=O) groups excluding carboxylic acids is 1. The van der Waals surface area contributed by atoms with Gasteiger partial charge in [0.2, 0.25) is 0 Å². The monoisotopic (exact) mass is 173 g/mol. The number of urea groups is 1. The van der Waals surface area contributed by atoms with E-state index < -0.39 is 0 Å². The minimum atomic E-state index is -0.324. The second kappa shape index (κ2) is 4.27. The van der Waals surface area contributed by atoms with Crippen LogP contribution in [0.2, 0.25) is 0 Å². The van der Waals surface area contributed by atoms with Gasteiger partial charge in [-0.1, -0.05) is 0 Å². The Morgan fingerprint density at radius 1 is 1.67 bits per heavy atom. The number of nitrogens with one attached hydrogen (secondary N) is 2. The van der Waals surface area contributed by atoms with Gasteiger partial charge in [0.05, 0.1) is 6.10 Å². The van der Waals surface area contributed by atoms with Crippen LogP contribution in [0.4, 0.5) is 4.79 Å². The molecule has 0 radical (unpaired) electrons. The van der Waals surface area contributed by atoms with Crippen LogP contribution in [0.5, 0.6) is 0 Å². The zero-order chi connectivity index (χ0) is 8.97. The Labute approximate surface area is 71.6 Å². The summed E-state index contributed by atoms with van der Waals surface area (Å²) in [6, 6.07) is -0.0972. The summed E-state index contributed by atoms with van der Waals surface area (Å²) in [5, 5.41) is 2.70. The van der Waals surface area contributed by atoms with Crippen molar-refractivity contribution in [2.75, 3.05) is 6.61 Å². The minimum absolute atomic E-state index is 0.227. The van der Waals surface area contributed by atoms with Gasteiger partial charge in [0.15, 0.2) is 0 Å².